The van der Waals surface area contributed by atoms with E-state index in [1.807, 2.05) is 49.5 Å². The number of ether oxygens (including phenoxy) is 1. The number of nitrogens with one attached hydrogen (secondary N) is 1. The summed E-state index contributed by atoms with van der Waals surface area (Å²) in [5, 5.41) is 4.22. The number of fused-ring (bicyclic) bond motifs is 1. The fourth-order valence-corrected chi connectivity index (χ4v) is 5.49. The predicted molar refractivity (Wildman–Crippen MR) is 146 cm³/mol. The fourth-order valence-electron chi connectivity index (χ4n) is 5.49. The Hall–Kier alpha value is -3.42. The van der Waals surface area contributed by atoms with E-state index in [9.17, 15) is 0 Å². The minimum Gasteiger partial charge on any atom is -0.457 e. The first-order valence-electron chi connectivity index (χ1n) is 13.0. The van der Waals surface area contributed by atoms with Crippen LogP contribution in [0.15, 0.2) is 67.1 Å². The van der Waals surface area contributed by atoms with Crippen molar-refractivity contribution in [3.63, 3.8) is 0 Å². The lowest BCUT2D eigenvalue weighted by atomic mass is 9.90. The first kappa shape index (κ1) is 24.3. The van der Waals surface area contributed by atoms with Crippen molar-refractivity contribution < 1.29 is 4.74 Å². The molecule has 1 saturated carbocycles. The highest BCUT2D eigenvalue weighted by Crippen LogP contribution is 2.39. The Morgan fingerprint density at radius 2 is 1.72 bits per heavy atom. The summed E-state index contributed by atoms with van der Waals surface area (Å²) < 4.78 is 8.33. The van der Waals surface area contributed by atoms with Gasteiger partial charge in [-0.2, -0.15) is 0 Å². The number of anilines is 1. The maximum Gasteiger partial charge on any atom is 0.146 e. The van der Waals surface area contributed by atoms with Gasteiger partial charge in [0.2, 0.25) is 0 Å². The number of nitrogens with zero attached hydrogens (tertiary/aromatic N) is 4. The molecule has 0 atom stereocenters. The van der Waals surface area contributed by atoms with E-state index in [1.165, 1.54) is 12.8 Å². The maximum atomic E-state index is 6.39. The van der Waals surface area contributed by atoms with E-state index in [1.54, 1.807) is 6.33 Å². The van der Waals surface area contributed by atoms with Crippen LogP contribution in [0.5, 0.6) is 11.5 Å². The van der Waals surface area contributed by atoms with E-state index in [2.05, 4.69) is 50.0 Å². The minimum absolute atomic E-state index is 0.412. The van der Waals surface area contributed by atoms with Crippen LogP contribution in [-0.2, 0) is 0 Å². The number of benzene rings is 2. The van der Waals surface area contributed by atoms with Gasteiger partial charge in [0, 0.05) is 36.9 Å². The van der Waals surface area contributed by atoms with Crippen LogP contribution >= 0.6 is 0 Å². The van der Waals surface area contributed by atoms with Gasteiger partial charge in [-0.1, -0.05) is 37.3 Å². The second kappa shape index (κ2) is 11.1. The van der Waals surface area contributed by atoms with Crippen LogP contribution in [-0.4, -0.2) is 52.2 Å². The standard InChI is InChI=1S/C29H36N6O/c1-3-34(18-17-31-2)22-11-13-23(14-12-22)35-19-26(27-28(30)32-20-33-29(27)35)21-9-15-25(16-10-21)36-24-7-5-4-6-8-24/h4-10,15-16,19-20,22-23,31H,3,11-14,17-18H2,1-2H3,(H2,30,32,33). The van der Waals surface area contributed by atoms with Crippen molar-refractivity contribution in [1.82, 2.24) is 24.8 Å². The number of nitrogens with two attached hydrogens (primary N) is 1. The van der Waals surface area contributed by atoms with Gasteiger partial charge in [0.1, 0.15) is 29.3 Å². The average molecular weight is 485 g/mol. The molecule has 0 aliphatic heterocycles. The van der Waals surface area contributed by atoms with E-state index < -0.39 is 0 Å². The Morgan fingerprint density at radius 3 is 2.42 bits per heavy atom. The molecule has 36 heavy (non-hydrogen) atoms. The summed E-state index contributed by atoms with van der Waals surface area (Å²) in [6, 6.07) is 19.1. The zero-order valence-electron chi connectivity index (χ0n) is 21.2. The molecule has 1 fully saturated rings. The van der Waals surface area contributed by atoms with Crippen LogP contribution in [0.3, 0.4) is 0 Å². The Kier molecular flexibility index (Phi) is 7.49. The van der Waals surface area contributed by atoms with Gasteiger partial charge in [0.15, 0.2) is 0 Å². The summed E-state index contributed by atoms with van der Waals surface area (Å²) in [5.74, 6) is 2.15. The summed E-state index contributed by atoms with van der Waals surface area (Å²) >= 11 is 0. The van der Waals surface area contributed by atoms with Crippen molar-refractivity contribution in [2.45, 2.75) is 44.7 Å². The first-order valence-corrected chi connectivity index (χ1v) is 13.0. The van der Waals surface area contributed by atoms with Crippen LogP contribution in [0, 0.1) is 0 Å². The molecule has 188 valence electrons. The molecule has 0 bridgehead atoms. The van der Waals surface area contributed by atoms with Gasteiger partial charge in [-0.15, -0.1) is 0 Å². The van der Waals surface area contributed by atoms with Crippen molar-refractivity contribution in [2.24, 2.45) is 0 Å². The highest BCUT2D eigenvalue weighted by Gasteiger charge is 2.28. The van der Waals surface area contributed by atoms with E-state index in [0.717, 1.165) is 66.1 Å². The van der Waals surface area contributed by atoms with E-state index in [-0.39, 0.29) is 0 Å². The smallest absolute Gasteiger partial charge is 0.146 e. The second-order valence-electron chi connectivity index (χ2n) is 9.54. The van der Waals surface area contributed by atoms with Gasteiger partial charge < -0.3 is 20.4 Å². The molecular weight excluding hydrogens is 448 g/mol. The molecule has 1 aliphatic rings. The lowest BCUT2D eigenvalue weighted by molar-refractivity contribution is 0.146. The highest BCUT2D eigenvalue weighted by molar-refractivity contribution is 6.00. The van der Waals surface area contributed by atoms with Gasteiger partial charge >= 0.3 is 0 Å². The highest BCUT2D eigenvalue weighted by atomic mass is 16.5. The minimum atomic E-state index is 0.412. The van der Waals surface area contributed by atoms with Gasteiger partial charge in [-0.25, -0.2) is 9.97 Å². The lowest BCUT2D eigenvalue weighted by Crippen LogP contribution is -2.41. The molecule has 7 nitrogen and oxygen atoms in total. The summed E-state index contributed by atoms with van der Waals surface area (Å²) in [6.07, 6.45) is 8.48. The fraction of sp³-hybridized carbons (Fsp3) is 0.379. The van der Waals surface area contributed by atoms with Crippen molar-refractivity contribution in [2.75, 3.05) is 32.4 Å². The monoisotopic (exact) mass is 484 g/mol. The number of aromatic nitrogens is 3. The molecule has 1 aliphatic carbocycles. The third-order valence-corrected chi connectivity index (χ3v) is 7.41. The topological polar surface area (TPSA) is 81.2 Å². The molecule has 0 saturated heterocycles. The van der Waals surface area contributed by atoms with Gasteiger partial charge in [0.25, 0.3) is 0 Å². The molecule has 0 amide bonds. The molecular formula is C29H36N6O. The average Bonchev–Trinajstić information content (AvgIpc) is 3.31. The molecule has 4 aromatic rings. The number of hydrogen-bond acceptors (Lipinski definition) is 6. The molecule has 0 radical (unpaired) electrons. The van der Waals surface area contributed by atoms with E-state index >= 15 is 0 Å². The predicted octanol–water partition coefficient (Wildman–Crippen LogP) is 5.50. The molecule has 7 heteroatoms. The molecule has 3 N–H and O–H groups in total. The number of likely N-dealkylation sites (N-methyl/N-ethyl adjacent to an activating group) is 2. The number of rotatable bonds is 9. The lowest BCUT2D eigenvalue weighted by Gasteiger charge is -2.37. The molecule has 0 unspecified atom stereocenters. The van der Waals surface area contributed by atoms with Crippen LogP contribution in [0.2, 0.25) is 0 Å². The third kappa shape index (κ3) is 5.08. The Morgan fingerprint density at radius 1 is 1.00 bits per heavy atom. The SMILES string of the molecule is CCN(CCNC)C1CCC(n2cc(-c3ccc(Oc4ccccc4)cc3)c3c(N)ncnc32)CC1. The van der Waals surface area contributed by atoms with E-state index in [4.69, 9.17) is 10.5 Å². The van der Waals surface area contributed by atoms with Crippen LogP contribution in [0.25, 0.3) is 22.2 Å². The molecule has 2 heterocycles. The van der Waals surface area contributed by atoms with Crippen LogP contribution < -0.4 is 15.8 Å². The van der Waals surface area contributed by atoms with Crippen molar-refractivity contribution >= 4 is 16.9 Å². The zero-order chi connectivity index (χ0) is 24.9. The Bertz CT molecular complexity index is 1260. The molecule has 2 aromatic heterocycles. The van der Waals surface area contributed by atoms with Gasteiger partial charge in [-0.3, -0.25) is 4.90 Å². The van der Waals surface area contributed by atoms with Crippen LogP contribution in [0.4, 0.5) is 5.82 Å². The molecule has 5 rings (SSSR count). The van der Waals surface area contributed by atoms with Crippen molar-refractivity contribution in [3.8, 4) is 22.6 Å². The second-order valence-corrected chi connectivity index (χ2v) is 9.54. The summed E-state index contributed by atoms with van der Waals surface area (Å²) in [5.41, 5.74) is 9.47. The van der Waals surface area contributed by atoms with Crippen molar-refractivity contribution in [3.05, 3.63) is 67.1 Å². The Labute approximate surface area is 213 Å². The van der Waals surface area contributed by atoms with Gasteiger partial charge in [-0.05, 0) is 69.1 Å². The zero-order valence-corrected chi connectivity index (χ0v) is 21.2. The summed E-state index contributed by atoms with van der Waals surface area (Å²) in [7, 11) is 2.02. The largest absolute Gasteiger partial charge is 0.457 e. The normalized spacial score (nSPS) is 18.1. The number of hydrogen-bond donors (Lipinski definition) is 2. The van der Waals surface area contributed by atoms with Gasteiger partial charge in [0.05, 0.1) is 5.39 Å². The third-order valence-electron chi connectivity index (χ3n) is 7.41. The summed E-state index contributed by atoms with van der Waals surface area (Å²) in [6.45, 7) is 5.50. The Balaban J connectivity index is 1.38. The molecule has 2 aromatic carbocycles. The first-order chi connectivity index (χ1) is 17.7. The van der Waals surface area contributed by atoms with Crippen LogP contribution in [0.1, 0.15) is 38.6 Å². The molecule has 0 spiro atoms. The number of para-hydroxylation sites is 1. The quantitative estimate of drug-likeness (QED) is 0.327. The maximum absolute atomic E-state index is 6.39. The number of nitrogen functional groups attached to an aromatic ring is 1. The van der Waals surface area contributed by atoms with E-state index in [0.29, 0.717) is 17.9 Å². The summed E-state index contributed by atoms with van der Waals surface area (Å²) in [4.78, 5) is 11.6. The van der Waals surface area contributed by atoms with Crippen molar-refractivity contribution in [1.29, 1.82) is 0 Å².